The zero-order valence-corrected chi connectivity index (χ0v) is 7.65. The third-order valence-electron chi connectivity index (χ3n) is 1.79. The molecule has 0 saturated heterocycles. The lowest BCUT2D eigenvalue weighted by Gasteiger charge is -1.85. The van der Waals surface area contributed by atoms with Crippen LogP contribution in [0.5, 0.6) is 0 Å². The van der Waals surface area contributed by atoms with Gasteiger partial charge < -0.3 is 0 Å². The monoisotopic (exact) mass is 240 g/mol. The Labute approximate surface area is 78.5 Å². The predicted octanol–water partition coefficient (Wildman–Crippen LogP) is 0.431. The minimum atomic E-state index is -0.197. The van der Waals surface area contributed by atoms with Crippen LogP contribution in [0, 0.1) is 0 Å². The van der Waals surface area contributed by atoms with Crippen molar-refractivity contribution < 1.29 is 4.63 Å². The summed E-state index contributed by atoms with van der Waals surface area (Å²) < 4.78 is 6.50. The zero-order chi connectivity index (χ0) is 9.00. The van der Waals surface area contributed by atoms with E-state index in [0.717, 1.165) is 4.69 Å². The van der Waals surface area contributed by atoms with Crippen molar-refractivity contribution in [1.29, 1.82) is 0 Å². The third-order valence-corrected chi connectivity index (χ3v) is 2.40. The molecule has 0 bridgehead atoms. The Bertz CT molecular complexity index is 642. The van der Waals surface area contributed by atoms with Crippen molar-refractivity contribution in [2.45, 2.75) is 0 Å². The van der Waals surface area contributed by atoms with E-state index < -0.39 is 0 Å². The second-order valence-corrected chi connectivity index (χ2v) is 3.39. The van der Waals surface area contributed by atoms with Crippen LogP contribution in [0.3, 0.4) is 0 Å². The van der Waals surface area contributed by atoms with Gasteiger partial charge in [0.25, 0.3) is 0 Å². The van der Waals surface area contributed by atoms with Gasteiger partial charge in [0, 0.05) is 6.07 Å². The van der Waals surface area contributed by atoms with Gasteiger partial charge in [-0.2, -0.15) is 0 Å². The Morgan fingerprint density at radius 1 is 1.46 bits per heavy atom. The van der Waals surface area contributed by atoms with Gasteiger partial charge in [-0.3, -0.25) is 4.79 Å². The van der Waals surface area contributed by atoms with Gasteiger partial charge in [-0.25, -0.2) is 4.63 Å². The number of halogens is 1. The summed E-state index contributed by atoms with van der Waals surface area (Å²) in [7, 11) is 0. The summed E-state index contributed by atoms with van der Waals surface area (Å²) in [6, 6.07) is 1.40. The van der Waals surface area contributed by atoms with E-state index in [9.17, 15) is 4.79 Å². The summed E-state index contributed by atoms with van der Waals surface area (Å²) in [6.07, 6.45) is 0. The molecule has 0 saturated carbocycles. The van der Waals surface area contributed by atoms with Gasteiger partial charge in [0.2, 0.25) is 5.43 Å². The number of nitrogens with zero attached hydrogens (tertiary/aromatic N) is 4. The molecular weight excluding hydrogens is 240 g/mol. The maximum atomic E-state index is 11.3. The van der Waals surface area contributed by atoms with E-state index in [1.807, 2.05) is 0 Å². The van der Waals surface area contributed by atoms with E-state index >= 15 is 0 Å². The lowest BCUT2D eigenvalue weighted by molar-refractivity contribution is 0.242. The smallest absolute Gasteiger partial charge is 0.209 e. The molecule has 6 nitrogen and oxygen atoms in total. The van der Waals surface area contributed by atoms with Gasteiger partial charge in [-0.1, -0.05) is 0 Å². The molecule has 0 N–H and O–H groups in total. The first kappa shape index (κ1) is 6.96. The number of rotatable bonds is 0. The summed E-state index contributed by atoms with van der Waals surface area (Å²) >= 11 is 3.20. The minimum Gasteiger partial charge on any atom is -0.287 e. The Morgan fingerprint density at radius 3 is 3.15 bits per heavy atom. The Kier molecular flexibility index (Phi) is 1.10. The maximum Gasteiger partial charge on any atom is 0.209 e. The molecule has 2 heterocycles. The molecule has 0 amide bonds. The maximum absolute atomic E-state index is 11.3. The van der Waals surface area contributed by atoms with Crippen LogP contribution in [0.25, 0.3) is 16.6 Å². The summed E-state index contributed by atoms with van der Waals surface area (Å²) in [5.74, 6) is 0. The summed E-state index contributed by atoms with van der Waals surface area (Å²) in [5.41, 5.74) is 1.15. The van der Waals surface area contributed by atoms with Crippen molar-refractivity contribution >= 4 is 32.5 Å². The van der Waals surface area contributed by atoms with Crippen LogP contribution in [0.1, 0.15) is 0 Å². The Balaban J connectivity index is 2.83. The fraction of sp³-hybridized carbons (Fsp3) is 0. The van der Waals surface area contributed by atoms with Crippen LogP contribution in [-0.4, -0.2) is 20.2 Å². The first-order chi connectivity index (χ1) is 6.27. The van der Waals surface area contributed by atoms with E-state index in [1.165, 1.54) is 6.07 Å². The number of benzene rings is 1. The summed E-state index contributed by atoms with van der Waals surface area (Å²) in [6.45, 7) is 0. The van der Waals surface area contributed by atoms with Crippen LogP contribution >= 0.6 is 15.9 Å². The molecule has 3 rings (SSSR count). The zero-order valence-electron chi connectivity index (χ0n) is 6.06. The lowest BCUT2D eigenvalue weighted by Crippen LogP contribution is -1.99. The average molecular weight is 241 g/mol. The second-order valence-electron chi connectivity index (χ2n) is 2.54. The van der Waals surface area contributed by atoms with Crippen molar-refractivity contribution in [3.8, 4) is 0 Å². The molecule has 7 heteroatoms. The quantitative estimate of drug-likeness (QED) is 0.570. The van der Waals surface area contributed by atoms with E-state index in [2.05, 4.69) is 31.4 Å². The molecule has 0 atom stereocenters. The van der Waals surface area contributed by atoms with Crippen molar-refractivity contribution in [3.05, 3.63) is 20.8 Å². The normalized spacial score (nSPS) is 11.8. The highest BCUT2D eigenvalue weighted by Gasteiger charge is 2.16. The molecule has 0 spiro atoms. The van der Waals surface area contributed by atoms with Gasteiger partial charge >= 0.3 is 0 Å². The molecule has 0 aliphatic rings. The van der Waals surface area contributed by atoms with Crippen LogP contribution < -0.4 is 5.43 Å². The molecule has 13 heavy (non-hydrogen) atoms. The third kappa shape index (κ3) is 0.718. The van der Waals surface area contributed by atoms with Crippen molar-refractivity contribution in [1.82, 2.24) is 20.2 Å². The van der Waals surface area contributed by atoms with Gasteiger partial charge in [-0.15, -0.1) is 5.10 Å². The summed E-state index contributed by atoms with van der Waals surface area (Å²) in [5, 5.41) is 11.0. The molecule has 1 aromatic carbocycles. The highest BCUT2D eigenvalue weighted by Crippen LogP contribution is 2.22. The molecular formula is C6HBrN4O2. The van der Waals surface area contributed by atoms with Crippen molar-refractivity contribution in [2.24, 2.45) is 0 Å². The Morgan fingerprint density at radius 2 is 2.31 bits per heavy atom. The molecule has 0 aliphatic carbocycles. The molecule has 2 aromatic heterocycles. The van der Waals surface area contributed by atoms with Gasteiger partial charge in [0.05, 0.1) is 4.47 Å². The standard InChI is InChI=1S/C6HBrN4O2/c7-2-1-3(12)5-6-4(2)9-13-11(6)10-8-5/h1H. The highest BCUT2D eigenvalue weighted by molar-refractivity contribution is 9.10. The van der Waals surface area contributed by atoms with Crippen LogP contribution in [0.15, 0.2) is 20.0 Å². The molecule has 0 unspecified atom stereocenters. The van der Waals surface area contributed by atoms with E-state index in [4.69, 9.17) is 4.63 Å². The van der Waals surface area contributed by atoms with Crippen LogP contribution in [0.4, 0.5) is 0 Å². The first-order valence-corrected chi connectivity index (χ1v) is 4.20. The fourth-order valence-corrected chi connectivity index (χ4v) is 1.69. The van der Waals surface area contributed by atoms with E-state index in [1.54, 1.807) is 0 Å². The van der Waals surface area contributed by atoms with Crippen LogP contribution in [0.2, 0.25) is 0 Å². The Hall–Kier alpha value is -1.50. The number of hydrogen-bond acceptors (Lipinski definition) is 5. The van der Waals surface area contributed by atoms with Gasteiger partial charge in [-0.05, 0) is 31.0 Å². The van der Waals surface area contributed by atoms with E-state index in [-0.39, 0.29) is 10.9 Å². The largest absolute Gasteiger partial charge is 0.287 e. The topological polar surface area (TPSA) is 73.3 Å². The average Bonchev–Trinajstić information content (AvgIpc) is 2.60. The van der Waals surface area contributed by atoms with E-state index in [0.29, 0.717) is 15.5 Å². The molecule has 0 radical (unpaired) electrons. The SMILES string of the molecule is O=c1cc(Br)c2non3nnc1c23. The molecule has 64 valence electrons. The fourth-order valence-electron chi connectivity index (χ4n) is 1.23. The van der Waals surface area contributed by atoms with Gasteiger partial charge in [0.1, 0.15) is 0 Å². The molecule has 0 fully saturated rings. The first-order valence-electron chi connectivity index (χ1n) is 3.41. The van der Waals surface area contributed by atoms with Crippen molar-refractivity contribution in [3.63, 3.8) is 0 Å². The predicted molar refractivity (Wildman–Crippen MR) is 45.7 cm³/mol. The second kappa shape index (κ2) is 2.05. The number of aromatic nitrogens is 4. The molecule has 0 aliphatic heterocycles. The number of hydrogen-bond donors (Lipinski definition) is 0. The lowest BCUT2D eigenvalue weighted by atomic mass is 10.3. The highest BCUT2D eigenvalue weighted by atomic mass is 79.9. The van der Waals surface area contributed by atoms with Crippen LogP contribution in [-0.2, 0) is 0 Å². The van der Waals surface area contributed by atoms with Crippen molar-refractivity contribution in [2.75, 3.05) is 0 Å². The summed E-state index contributed by atoms with van der Waals surface area (Å²) in [4.78, 5) is 11.3. The minimum absolute atomic E-state index is 0.197. The molecule has 3 aromatic rings. The van der Waals surface area contributed by atoms with Gasteiger partial charge in [0.15, 0.2) is 16.6 Å².